The number of furan rings is 1. The van der Waals surface area contributed by atoms with Gasteiger partial charge in [-0.2, -0.15) is 0 Å². The number of aliphatic carboxylic acids is 1. The zero-order valence-corrected chi connectivity index (χ0v) is 9.54. The number of hydrogen-bond donors (Lipinski definition) is 2. The highest BCUT2D eigenvalue weighted by molar-refractivity contribution is 5.73. The van der Waals surface area contributed by atoms with Crippen molar-refractivity contribution in [1.82, 2.24) is 5.32 Å². The van der Waals surface area contributed by atoms with E-state index in [1.807, 2.05) is 0 Å². The SMILES string of the molecule is CC(C)C(NCc1ccc([N+](=O)[O-])o1)C(=O)O. The molecule has 2 N–H and O–H groups in total. The summed E-state index contributed by atoms with van der Waals surface area (Å²) in [6, 6.07) is 1.98. The van der Waals surface area contributed by atoms with E-state index in [-0.39, 0.29) is 18.3 Å². The summed E-state index contributed by atoms with van der Waals surface area (Å²) in [5.74, 6) is -1.06. The Balaban J connectivity index is 2.59. The number of nitro groups is 1. The average molecular weight is 242 g/mol. The maximum absolute atomic E-state index is 10.9. The molecule has 0 amide bonds. The fraction of sp³-hybridized carbons (Fsp3) is 0.500. The summed E-state index contributed by atoms with van der Waals surface area (Å²) >= 11 is 0. The Bertz CT molecular complexity index is 413. The number of carboxylic acid groups (broad SMARTS) is 1. The van der Waals surface area contributed by atoms with Crippen LogP contribution in [0.25, 0.3) is 0 Å². The van der Waals surface area contributed by atoms with Gasteiger partial charge in [0.15, 0.2) is 0 Å². The van der Waals surface area contributed by atoms with Crippen LogP contribution in [0.5, 0.6) is 0 Å². The molecule has 0 bridgehead atoms. The van der Waals surface area contributed by atoms with Gasteiger partial charge in [-0.3, -0.25) is 20.2 Å². The van der Waals surface area contributed by atoms with Crippen molar-refractivity contribution in [3.8, 4) is 0 Å². The highest BCUT2D eigenvalue weighted by Crippen LogP contribution is 2.15. The van der Waals surface area contributed by atoms with Crippen LogP contribution < -0.4 is 5.32 Å². The normalized spacial score (nSPS) is 12.6. The molecule has 0 radical (unpaired) electrons. The van der Waals surface area contributed by atoms with E-state index in [9.17, 15) is 14.9 Å². The Morgan fingerprint density at radius 1 is 1.59 bits per heavy atom. The first kappa shape index (κ1) is 13.2. The molecule has 7 heteroatoms. The van der Waals surface area contributed by atoms with E-state index in [0.29, 0.717) is 5.76 Å². The fourth-order valence-electron chi connectivity index (χ4n) is 1.38. The minimum absolute atomic E-state index is 0.0857. The lowest BCUT2D eigenvalue weighted by Crippen LogP contribution is -2.40. The maximum Gasteiger partial charge on any atom is 0.433 e. The van der Waals surface area contributed by atoms with Gasteiger partial charge in [-0.05, 0) is 12.0 Å². The second kappa shape index (κ2) is 5.44. The van der Waals surface area contributed by atoms with Crippen LogP contribution in [0.2, 0.25) is 0 Å². The van der Waals surface area contributed by atoms with Crippen LogP contribution in [0.1, 0.15) is 19.6 Å². The lowest BCUT2D eigenvalue weighted by Gasteiger charge is -2.16. The van der Waals surface area contributed by atoms with Crippen molar-refractivity contribution >= 4 is 11.9 Å². The molecule has 0 aliphatic heterocycles. The van der Waals surface area contributed by atoms with Gasteiger partial charge in [-0.1, -0.05) is 13.8 Å². The Kier molecular flexibility index (Phi) is 4.22. The largest absolute Gasteiger partial charge is 0.480 e. The Morgan fingerprint density at radius 2 is 2.24 bits per heavy atom. The molecule has 1 heterocycles. The van der Waals surface area contributed by atoms with Gasteiger partial charge < -0.3 is 9.52 Å². The van der Waals surface area contributed by atoms with Crippen molar-refractivity contribution in [3.05, 3.63) is 28.0 Å². The van der Waals surface area contributed by atoms with E-state index < -0.39 is 16.9 Å². The molecule has 17 heavy (non-hydrogen) atoms. The molecule has 94 valence electrons. The topological polar surface area (TPSA) is 106 Å². The molecular weight excluding hydrogens is 228 g/mol. The Morgan fingerprint density at radius 3 is 2.65 bits per heavy atom. The first-order valence-corrected chi connectivity index (χ1v) is 5.11. The standard InChI is InChI=1S/C10H14N2O5/c1-6(2)9(10(13)14)11-5-7-3-4-8(17-7)12(15)16/h3-4,6,9,11H,5H2,1-2H3,(H,13,14). The predicted octanol–water partition coefficient (Wildman–Crippen LogP) is 1.39. The number of carboxylic acids is 1. The molecule has 0 fully saturated rings. The molecule has 0 saturated carbocycles. The lowest BCUT2D eigenvalue weighted by atomic mass is 10.1. The number of carbonyl (C=O) groups is 1. The van der Waals surface area contributed by atoms with Gasteiger partial charge in [-0.25, -0.2) is 0 Å². The molecular formula is C10H14N2O5. The molecule has 7 nitrogen and oxygen atoms in total. The summed E-state index contributed by atoms with van der Waals surface area (Å²) < 4.78 is 4.90. The third-order valence-electron chi connectivity index (χ3n) is 2.26. The molecule has 1 aromatic heterocycles. The maximum atomic E-state index is 10.9. The second-order valence-corrected chi connectivity index (χ2v) is 3.94. The van der Waals surface area contributed by atoms with Crippen LogP contribution in [0.3, 0.4) is 0 Å². The third-order valence-corrected chi connectivity index (χ3v) is 2.26. The smallest absolute Gasteiger partial charge is 0.433 e. The van der Waals surface area contributed by atoms with Gasteiger partial charge in [0.2, 0.25) is 0 Å². The monoisotopic (exact) mass is 242 g/mol. The fourth-order valence-corrected chi connectivity index (χ4v) is 1.38. The van der Waals surface area contributed by atoms with Gasteiger partial charge in [0.05, 0.1) is 12.6 Å². The van der Waals surface area contributed by atoms with Crippen molar-refractivity contribution in [1.29, 1.82) is 0 Å². The lowest BCUT2D eigenvalue weighted by molar-refractivity contribution is -0.402. The van der Waals surface area contributed by atoms with Crippen LogP contribution in [-0.4, -0.2) is 22.0 Å². The molecule has 0 aromatic carbocycles. The van der Waals surface area contributed by atoms with Gasteiger partial charge in [-0.15, -0.1) is 0 Å². The number of rotatable bonds is 6. The highest BCUT2D eigenvalue weighted by Gasteiger charge is 2.21. The van der Waals surface area contributed by atoms with Gasteiger partial charge >= 0.3 is 11.9 Å². The number of nitrogens with zero attached hydrogens (tertiary/aromatic N) is 1. The van der Waals surface area contributed by atoms with Crippen molar-refractivity contribution in [2.75, 3.05) is 0 Å². The number of nitrogens with one attached hydrogen (secondary N) is 1. The van der Waals surface area contributed by atoms with Gasteiger partial charge in [0, 0.05) is 0 Å². The minimum atomic E-state index is -0.957. The van der Waals surface area contributed by atoms with Gasteiger partial charge in [0.1, 0.15) is 16.7 Å². The Labute approximate surface area is 97.6 Å². The van der Waals surface area contributed by atoms with E-state index in [2.05, 4.69) is 5.32 Å². The quantitative estimate of drug-likeness (QED) is 0.576. The molecule has 0 aliphatic rings. The second-order valence-electron chi connectivity index (χ2n) is 3.94. The summed E-state index contributed by atoms with van der Waals surface area (Å²) in [5, 5.41) is 22.1. The summed E-state index contributed by atoms with van der Waals surface area (Å²) in [5.41, 5.74) is 0. The van der Waals surface area contributed by atoms with Crippen LogP contribution in [0, 0.1) is 16.0 Å². The summed E-state index contributed by atoms with van der Waals surface area (Å²) in [4.78, 5) is 20.6. The predicted molar refractivity (Wildman–Crippen MR) is 58.5 cm³/mol. The molecule has 1 rings (SSSR count). The Hall–Kier alpha value is -1.89. The summed E-state index contributed by atoms with van der Waals surface area (Å²) in [7, 11) is 0. The minimum Gasteiger partial charge on any atom is -0.480 e. The highest BCUT2D eigenvalue weighted by atomic mass is 16.6. The van der Waals surface area contributed by atoms with E-state index >= 15 is 0 Å². The van der Waals surface area contributed by atoms with Gasteiger partial charge in [0.25, 0.3) is 0 Å². The van der Waals surface area contributed by atoms with E-state index in [0.717, 1.165) is 0 Å². The zero-order valence-electron chi connectivity index (χ0n) is 9.54. The molecule has 0 saturated heterocycles. The van der Waals surface area contributed by atoms with Crippen LogP contribution in [-0.2, 0) is 11.3 Å². The van der Waals surface area contributed by atoms with Crippen LogP contribution in [0.4, 0.5) is 5.88 Å². The molecule has 1 aromatic rings. The van der Waals surface area contributed by atoms with Crippen molar-refractivity contribution in [3.63, 3.8) is 0 Å². The first-order valence-electron chi connectivity index (χ1n) is 5.11. The number of hydrogen-bond acceptors (Lipinski definition) is 5. The van der Waals surface area contributed by atoms with Crippen molar-refractivity contribution in [2.45, 2.75) is 26.4 Å². The van der Waals surface area contributed by atoms with E-state index in [4.69, 9.17) is 9.52 Å². The van der Waals surface area contributed by atoms with Crippen LogP contribution in [0.15, 0.2) is 16.5 Å². The third kappa shape index (κ3) is 3.56. The van der Waals surface area contributed by atoms with Crippen molar-refractivity contribution < 1.29 is 19.2 Å². The van der Waals surface area contributed by atoms with Crippen molar-refractivity contribution in [2.24, 2.45) is 5.92 Å². The molecule has 1 atom stereocenters. The first-order chi connectivity index (χ1) is 7.91. The summed E-state index contributed by atoms with van der Waals surface area (Å²) in [6.07, 6.45) is 0. The molecule has 1 unspecified atom stereocenters. The summed E-state index contributed by atoms with van der Waals surface area (Å²) in [6.45, 7) is 3.69. The van der Waals surface area contributed by atoms with E-state index in [1.165, 1.54) is 12.1 Å². The van der Waals surface area contributed by atoms with Crippen LogP contribution >= 0.6 is 0 Å². The van der Waals surface area contributed by atoms with E-state index in [1.54, 1.807) is 13.8 Å². The molecule has 0 spiro atoms. The molecule has 0 aliphatic carbocycles. The average Bonchev–Trinajstić information content (AvgIpc) is 2.65. The zero-order chi connectivity index (χ0) is 13.0.